The number of aryl methyl sites for hydroxylation is 2. The van der Waals surface area contributed by atoms with Gasteiger partial charge >= 0.3 is 0 Å². The number of allylic oxidation sites excluding steroid dienone is 2. The number of hydrogen-bond acceptors (Lipinski definition) is 2. The first-order chi connectivity index (χ1) is 11.6. The van der Waals surface area contributed by atoms with Crippen LogP contribution in [0.1, 0.15) is 22.3 Å². The van der Waals surface area contributed by atoms with E-state index in [1.165, 1.54) is 27.8 Å². The summed E-state index contributed by atoms with van der Waals surface area (Å²) in [5.41, 5.74) is 7.01. The van der Waals surface area contributed by atoms with Gasteiger partial charge in [-0.15, -0.1) is 23.5 Å². The third-order valence-corrected chi connectivity index (χ3v) is 9.09. The molecule has 5 rings (SSSR count). The van der Waals surface area contributed by atoms with Crippen molar-refractivity contribution in [3.05, 3.63) is 89.0 Å². The molecule has 2 aliphatic heterocycles. The Kier molecular flexibility index (Phi) is 3.30. The molecule has 0 spiro atoms. The van der Waals surface area contributed by atoms with E-state index in [9.17, 15) is 0 Å². The van der Waals surface area contributed by atoms with Crippen LogP contribution in [0.3, 0.4) is 0 Å². The Labute approximate surface area is 152 Å². The Morgan fingerprint density at radius 1 is 0.792 bits per heavy atom. The van der Waals surface area contributed by atoms with E-state index in [1.807, 2.05) is 0 Å². The Hall–Kier alpha value is -1.38. The number of benzene rings is 2. The molecule has 3 aliphatic rings. The molecule has 24 heavy (non-hydrogen) atoms. The van der Waals surface area contributed by atoms with E-state index < -0.39 is 0 Å². The molecular weight excluding hydrogens is 328 g/mol. The predicted molar refractivity (Wildman–Crippen MR) is 107 cm³/mol. The van der Waals surface area contributed by atoms with Gasteiger partial charge in [0.25, 0.3) is 0 Å². The van der Waals surface area contributed by atoms with Crippen LogP contribution in [0.4, 0.5) is 0 Å². The molecular formula is C22H20S2. The van der Waals surface area contributed by atoms with Crippen molar-refractivity contribution in [2.24, 2.45) is 5.92 Å². The van der Waals surface area contributed by atoms with E-state index in [2.05, 4.69) is 104 Å². The second kappa shape index (κ2) is 5.31. The average molecular weight is 349 g/mol. The Morgan fingerprint density at radius 3 is 2.17 bits per heavy atom. The average Bonchev–Trinajstić information content (AvgIpc) is 3.10. The summed E-state index contributed by atoms with van der Waals surface area (Å²) in [6.07, 6.45) is 7.45. The number of hydrogen-bond donors (Lipinski definition) is 0. The van der Waals surface area contributed by atoms with E-state index in [1.54, 1.807) is 0 Å². The van der Waals surface area contributed by atoms with Crippen LogP contribution in [-0.4, -0.2) is 10.5 Å². The molecule has 0 aromatic heterocycles. The van der Waals surface area contributed by atoms with E-state index in [4.69, 9.17) is 0 Å². The normalized spacial score (nSPS) is 32.9. The maximum Gasteiger partial charge on any atom is 0.106 e. The summed E-state index contributed by atoms with van der Waals surface area (Å²) in [6.45, 7) is 4.33. The van der Waals surface area contributed by atoms with E-state index in [-0.39, 0.29) is 4.08 Å². The molecule has 4 atom stereocenters. The van der Waals surface area contributed by atoms with Crippen molar-refractivity contribution >= 4 is 29.1 Å². The molecule has 2 heterocycles. The Bertz CT molecular complexity index is 845. The lowest BCUT2D eigenvalue weighted by Crippen LogP contribution is -2.23. The summed E-state index contributed by atoms with van der Waals surface area (Å²) in [7, 11) is 0. The Balaban J connectivity index is 1.66. The zero-order chi connectivity index (χ0) is 16.3. The molecule has 1 saturated heterocycles. The van der Waals surface area contributed by atoms with Gasteiger partial charge < -0.3 is 0 Å². The summed E-state index contributed by atoms with van der Waals surface area (Å²) in [5.74, 6) is 0.566. The van der Waals surface area contributed by atoms with Crippen LogP contribution in [0.2, 0.25) is 0 Å². The summed E-state index contributed by atoms with van der Waals surface area (Å²) in [6, 6.07) is 18.2. The van der Waals surface area contributed by atoms with Crippen LogP contribution >= 0.6 is 23.5 Å². The second-order valence-electron chi connectivity index (χ2n) is 7.07. The van der Waals surface area contributed by atoms with Crippen molar-refractivity contribution in [2.75, 3.05) is 0 Å². The number of thioether (sulfide) groups is 2. The first-order valence-corrected chi connectivity index (χ1v) is 10.3. The van der Waals surface area contributed by atoms with Crippen LogP contribution in [-0.2, 0) is 4.08 Å². The second-order valence-corrected chi connectivity index (χ2v) is 10.2. The van der Waals surface area contributed by atoms with Crippen molar-refractivity contribution in [3.8, 4) is 0 Å². The molecule has 0 radical (unpaired) electrons. The predicted octanol–water partition coefficient (Wildman–Crippen LogP) is 5.96. The third-order valence-electron chi connectivity index (χ3n) is 5.35. The fourth-order valence-corrected chi connectivity index (χ4v) is 8.05. The smallest absolute Gasteiger partial charge is 0.106 e. The largest absolute Gasteiger partial charge is 0.129 e. The van der Waals surface area contributed by atoms with E-state index in [0.717, 1.165) is 0 Å². The minimum atomic E-state index is 0.0739. The molecule has 2 bridgehead atoms. The number of fused-ring (bicyclic) bond motifs is 1. The van der Waals surface area contributed by atoms with Gasteiger partial charge in [0, 0.05) is 16.4 Å². The zero-order valence-corrected chi connectivity index (χ0v) is 15.5. The van der Waals surface area contributed by atoms with Crippen LogP contribution in [0, 0.1) is 19.8 Å². The van der Waals surface area contributed by atoms with E-state index in [0.29, 0.717) is 16.4 Å². The lowest BCUT2D eigenvalue weighted by Gasteiger charge is -2.34. The summed E-state index contributed by atoms with van der Waals surface area (Å²) in [4.78, 5) is 0. The first kappa shape index (κ1) is 14.9. The standard InChI is InChI=1S/C22H20S2/c1-14-3-7-16(8-4-14)19-13-22(17-9-5-15(2)6-10-17)23-20-12-11-18(19)21(20)24-22/h3-13,18,20-21H,1-2H3/t18-,20-,21+,22+/m1/s1. The maximum atomic E-state index is 2.56. The molecule has 2 heteroatoms. The third kappa shape index (κ3) is 2.16. The first-order valence-electron chi connectivity index (χ1n) is 8.56. The SMILES string of the molecule is Cc1ccc(C2=C[C@@]3(c4ccc(C)cc4)S[C@H]4[C@@H]2C=C[C@H]4S3)cc1. The maximum absolute atomic E-state index is 2.56. The van der Waals surface area contributed by atoms with Gasteiger partial charge in [-0.25, -0.2) is 0 Å². The molecule has 0 saturated carbocycles. The van der Waals surface area contributed by atoms with Crippen molar-refractivity contribution in [2.45, 2.75) is 28.4 Å². The zero-order valence-electron chi connectivity index (χ0n) is 13.9. The molecule has 1 aliphatic carbocycles. The summed E-state index contributed by atoms with van der Waals surface area (Å²) < 4.78 is 0.0739. The van der Waals surface area contributed by atoms with Crippen molar-refractivity contribution in [3.63, 3.8) is 0 Å². The van der Waals surface area contributed by atoms with Gasteiger partial charge in [0.15, 0.2) is 0 Å². The molecule has 0 unspecified atom stereocenters. The highest BCUT2D eigenvalue weighted by molar-refractivity contribution is 8.21. The van der Waals surface area contributed by atoms with Gasteiger partial charge in [-0.2, -0.15) is 0 Å². The van der Waals surface area contributed by atoms with Crippen LogP contribution in [0.15, 0.2) is 66.8 Å². The quantitative estimate of drug-likeness (QED) is 0.614. The molecule has 2 aromatic rings. The van der Waals surface area contributed by atoms with Gasteiger partial charge in [-0.05, 0) is 36.6 Å². The summed E-state index contributed by atoms with van der Waals surface area (Å²) in [5, 5.41) is 1.32. The topological polar surface area (TPSA) is 0 Å². The lowest BCUT2D eigenvalue weighted by atomic mass is 9.89. The van der Waals surface area contributed by atoms with Crippen LogP contribution < -0.4 is 0 Å². The minimum Gasteiger partial charge on any atom is -0.129 e. The van der Waals surface area contributed by atoms with Crippen molar-refractivity contribution in [1.82, 2.24) is 0 Å². The molecule has 1 fully saturated rings. The molecule has 120 valence electrons. The minimum absolute atomic E-state index is 0.0739. The van der Waals surface area contributed by atoms with E-state index >= 15 is 0 Å². The van der Waals surface area contributed by atoms with Gasteiger partial charge in [0.05, 0.1) is 0 Å². The highest BCUT2D eigenvalue weighted by Crippen LogP contribution is 2.68. The molecule has 0 N–H and O–H groups in total. The fourth-order valence-electron chi connectivity index (χ4n) is 4.01. The Morgan fingerprint density at radius 2 is 1.46 bits per heavy atom. The van der Waals surface area contributed by atoms with Crippen LogP contribution in [0.25, 0.3) is 5.57 Å². The molecule has 0 nitrogen and oxygen atoms in total. The van der Waals surface area contributed by atoms with Crippen molar-refractivity contribution < 1.29 is 0 Å². The van der Waals surface area contributed by atoms with Crippen LogP contribution in [0.5, 0.6) is 0 Å². The number of rotatable bonds is 2. The fraction of sp³-hybridized carbons (Fsp3) is 0.273. The molecule has 0 amide bonds. The van der Waals surface area contributed by atoms with Crippen molar-refractivity contribution in [1.29, 1.82) is 0 Å². The lowest BCUT2D eigenvalue weighted by molar-refractivity contribution is 0.817. The van der Waals surface area contributed by atoms with Gasteiger partial charge in [-0.3, -0.25) is 0 Å². The van der Waals surface area contributed by atoms with Gasteiger partial charge in [-0.1, -0.05) is 71.8 Å². The van der Waals surface area contributed by atoms with Gasteiger partial charge in [0.1, 0.15) is 4.08 Å². The molecule has 2 aromatic carbocycles. The summed E-state index contributed by atoms with van der Waals surface area (Å²) >= 11 is 4.29. The highest BCUT2D eigenvalue weighted by Gasteiger charge is 2.54. The monoisotopic (exact) mass is 348 g/mol. The highest BCUT2D eigenvalue weighted by atomic mass is 32.2. The van der Waals surface area contributed by atoms with Gasteiger partial charge in [0.2, 0.25) is 0 Å².